The largest absolute Gasteiger partial charge is 0.495 e. The van der Waals surface area contributed by atoms with E-state index in [0.717, 1.165) is 12.1 Å². The molecule has 27 heavy (non-hydrogen) atoms. The number of para-hydroxylation sites is 2. The lowest BCUT2D eigenvalue weighted by Crippen LogP contribution is -2.38. The number of ether oxygens (including phenoxy) is 1. The van der Waals surface area contributed by atoms with Gasteiger partial charge in [0.05, 0.1) is 18.7 Å². The molecule has 3 aromatic carbocycles. The molecule has 0 aliphatic heterocycles. The molecular formula is C24H21NO2. The van der Waals surface area contributed by atoms with Gasteiger partial charge in [0, 0.05) is 11.8 Å². The number of hydrogen-bond acceptors (Lipinski definition) is 2. The first kappa shape index (κ1) is 16.1. The van der Waals surface area contributed by atoms with Crippen LogP contribution in [-0.4, -0.2) is 13.0 Å². The number of hydrogen-bond donors (Lipinski definition) is 1. The highest BCUT2D eigenvalue weighted by Gasteiger charge is 2.45. The zero-order valence-corrected chi connectivity index (χ0v) is 15.2. The molecule has 0 heterocycles. The van der Waals surface area contributed by atoms with E-state index >= 15 is 0 Å². The fraction of sp³-hybridized carbons (Fsp3) is 0.208. The minimum atomic E-state index is -0.0790. The van der Waals surface area contributed by atoms with Crippen LogP contribution in [0.3, 0.4) is 0 Å². The summed E-state index contributed by atoms with van der Waals surface area (Å²) in [7, 11) is 1.63. The van der Waals surface area contributed by atoms with Crippen molar-refractivity contribution in [2.24, 2.45) is 5.92 Å². The summed E-state index contributed by atoms with van der Waals surface area (Å²) >= 11 is 0. The van der Waals surface area contributed by atoms with E-state index < -0.39 is 0 Å². The molecule has 134 valence electrons. The van der Waals surface area contributed by atoms with Crippen molar-refractivity contribution in [3.8, 4) is 5.75 Å². The highest BCUT2D eigenvalue weighted by Crippen LogP contribution is 2.55. The second kappa shape index (κ2) is 6.27. The van der Waals surface area contributed by atoms with E-state index in [0.29, 0.717) is 5.75 Å². The van der Waals surface area contributed by atoms with E-state index in [2.05, 4.69) is 53.8 Å². The lowest BCUT2D eigenvalue weighted by Gasteiger charge is -2.44. The molecule has 3 heteroatoms. The molecule has 1 amide bonds. The Labute approximate surface area is 159 Å². The molecule has 1 N–H and O–H groups in total. The zero-order chi connectivity index (χ0) is 18.4. The molecule has 6 rings (SSSR count). The molecule has 0 spiro atoms. The van der Waals surface area contributed by atoms with Crippen molar-refractivity contribution >= 4 is 11.6 Å². The van der Waals surface area contributed by atoms with E-state index in [1.165, 1.54) is 22.3 Å². The molecule has 3 aliphatic carbocycles. The van der Waals surface area contributed by atoms with E-state index in [1.807, 2.05) is 24.3 Å². The monoisotopic (exact) mass is 355 g/mol. The van der Waals surface area contributed by atoms with E-state index in [4.69, 9.17) is 4.74 Å². The number of rotatable bonds is 3. The lowest BCUT2D eigenvalue weighted by atomic mass is 9.59. The first-order chi connectivity index (χ1) is 13.3. The third-order valence-electron chi connectivity index (χ3n) is 6.01. The number of benzene rings is 3. The average Bonchev–Trinajstić information content (AvgIpc) is 2.74. The predicted octanol–water partition coefficient (Wildman–Crippen LogP) is 4.93. The van der Waals surface area contributed by atoms with Crippen molar-refractivity contribution in [3.05, 3.63) is 95.1 Å². The van der Waals surface area contributed by atoms with Gasteiger partial charge in [-0.2, -0.15) is 0 Å². The van der Waals surface area contributed by atoms with Gasteiger partial charge in [-0.25, -0.2) is 0 Å². The van der Waals surface area contributed by atoms with Crippen LogP contribution < -0.4 is 10.1 Å². The van der Waals surface area contributed by atoms with Crippen LogP contribution >= 0.6 is 0 Å². The summed E-state index contributed by atoms with van der Waals surface area (Å²) in [5, 5.41) is 3.11. The fourth-order valence-electron chi connectivity index (χ4n) is 4.87. The van der Waals surface area contributed by atoms with Crippen molar-refractivity contribution in [2.75, 3.05) is 12.4 Å². The van der Waals surface area contributed by atoms with Gasteiger partial charge in [-0.3, -0.25) is 4.79 Å². The van der Waals surface area contributed by atoms with Crippen LogP contribution in [0.2, 0.25) is 0 Å². The summed E-state index contributed by atoms with van der Waals surface area (Å²) in [5.41, 5.74) is 6.08. The van der Waals surface area contributed by atoms with E-state index in [-0.39, 0.29) is 23.7 Å². The van der Waals surface area contributed by atoms with E-state index in [9.17, 15) is 4.79 Å². The smallest absolute Gasteiger partial charge is 0.228 e. The topological polar surface area (TPSA) is 38.3 Å². The van der Waals surface area contributed by atoms with Crippen molar-refractivity contribution in [1.82, 2.24) is 0 Å². The molecule has 0 radical (unpaired) electrons. The summed E-state index contributed by atoms with van der Waals surface area (Å²) < 4.78 is 5.39. The van der Waals surface area contributed by atoms with Gasteiger partial charge in [-0.05, 0) is 40.8 Å². The normalized spacial score (nSPS) is 21.9. The van der Waals surface area contributed by atoms with Crippen molar-refractivity contribution in [3.63, 3.8) is 0 Å². The third-order valence-corrected chi connectivity index (χ3v) is 6.01. The van der Waals surface area contributed by atoms with Crippen molar-refractivity contribution < 1.29 is 9.53 Å². The lowest BCUT2D eigenvalue weighted by molar-refractivity contribution is -0.121. The summed E-state index contributed by atoms with van der Waals surface area (Å²) in [6.07, 6.45) is 0.847. The maximum Gasteiger partial charge on any atom is 0.228 e. The predicted molar refractivity (Wildman–Crippen MR) is 106 cm³/mol. The Morgan fingerprint density at radius 2 is 1.41 bits per heavy atom. The van der Waals surface area contributed by atoms with Crippen LogP contribution in [-0.2, 0) is 4.79 Å². The van der Waals surface area contributed by atoms with Gasteiger partial charge in [-0.1, -0.05) is 60.7 Å². The molecule has 1 atom stereocenters. The van der Waals surface area contributed by atoms with Crippen LogP contribution in [0.15, 0.2) is 72.8 Å². The highest BCUT2D eigenvalue weighted by atomic mass is 16.5. The quantitative estimate of drug-likeness (QED) is 0.723. The van der Waals surface area contributed by atoms with Gasteiger partial charge in [0.15, 0.2) is 0 Å². The number of anilines is 1. The Balaban J connectivity index is 1.55. The number of carbonyl (C=O) groups is 1. The maximum absolute atomic E-state index is 13.3. The summed E-state index contributed by atoms with van der Waals surface area (Å²) in [6.45, 7) is 0. The summed E-state index contributed by atoms with van der Waals surface area (Å²) in [6, 6.07) is 24.8. The van der Waals surface area contributed by atoms with Gasteiger partial charge in [0.25, 0.3) is 0 Å². The van der Waals surface area contributed by atoms with Gasteiger partial charge in [0.1, 0.15) is 5.75 Å². The van der Waals surface area contributed by atoms with Crippen LogP contribution in [0, 0.1) is 5.92 Å². The molecule has 3 aliphatic rings. The first-order valence-electron chi connectivity index (χ1n) is 9.39. The van der Waals surface area contributed by atoms with Gasteiger partial charge in [0.2, 0.25) is 5.91 Å². The number of nitrogens with one attached hydrogen (secondary N) is 1. The second-order valence-electron chi connectivity index (χ2n) is 7.32. The molecule has 2 bridgehead atoms. The number of carbonyl (C=O) groups excluding carboxylic acids is 1. The molecule has 0 saturated carbocycles. The average molecular weight is 355 g/mol. The van der Waals surface area contributed by atoms with Gasteiger partial charge in [-0.15, -0.1) is 0 Å². The number of methoxy groups -OCH3 is 1. The van der Waals surface area contributed by atoms with Crippen LogP contribution in [0.25, 0.3) is 0 Å². The number of amides is 1. The maximum atomic E-state index is 13.3. The van der Waals surface area contributed by atoms with Gasteiger partial charge >= 0.3 is 0 Å². The van der Waals surface area contributed by atoms with Crippen LogP contribution in [0.4, 0.5) is 5.69 Å². The van der Waals surface area contributed by atoms with Crippen LogP contribution in [0.5, 0.6) is 5.75 Å². The highest BCUT2D eigenvalue weighted by molar-refractivity contribution is 5.95. The standard InChI is InChI=1S/C24H21NO2/c1-27-22-13-7-6-12-21(22)25-24(26)20-14-19-15-8-2-4-10-17(15)23(20)18-11-5-3-9-16(18)19/h2-13,19-20,23H,14H2,1H3,(H,25,26). The molecule has 3 aromatic rings. The third kappa shape index (κ3) is 2.46. The summed E-state index contributed by atoms with van der Waals surface area (Å²) in [5.74, 6) is 1.07. The van der Waals surface area contributed by atoms with Crippen molar-refractivity contribution in [2.45, 2.75) is 18.3 Å². The molecular weight excluding hydrogens is 334 g/mol. The zero-order valence-electron chi connectivity index (χ0n) is 15.2. The molecule has 3 nitrogen and oxygen atoms in total. The Morgan fingerprint density at radius 3 is 2.04 bits per heavy atom. The Kier molecular flexibility index (Phi) is 3.75. The molecule has 0 fully saturated rings. The Bertz CT molecular complexity index is 979. The Hall–Kier alpha value is -3.07. The summed E-state index contributed by atoms with van der Waals surface area (Å²) in [4.78, 5) is 13.3. The minimum Gasteiger partial charge on any atom is -0.495 e. The Morgan fingerprint density at radius 1 is 0.852 bits per heavy atom. The minimum absolute atomic E-state index is 0.0681. The molecule has 0 aromatic heterocycles. The van der Waals surface area contributed by atoms with Gasteiger partial charge < -0.3 is 10.1 Å². The number of fused-ring (bicyclic) bond motifs is 1. The van der Waals surface area contributed by atoms with E-state index in [1.54, 1.807) is 7.11 Å². The second-order valence-corrected chi connectivity index (χ2v) is 7.32. The SMILES string of the molecule is COc1ccccc1NC(=O)C1CC2c3ccccc3C1c1ccccc12. The molecule has 0 saturated heterocycles. The van der Waals surface area contributed by atoms with Crippen LogP contribution in [0.1, 0.15) is 40.5 Å². The molecule has 1 unspecified atom stereocenters. The fourth-order valence-corrected chi connectivity index (χ4v) is 4.87. The first-order valence-corrected chi connectivity index (χ1v) is 9.39. The van der Waals surface area contributed by atoms with Crippen molar-refractivity contribution in [1.29, 1.82) is 0 Å².